The van der Waals surface area contributed by atoms with Crippen LogP contribution in [-0.2, 0) is 6.42 Å². The third-order valence-electron chi connectivity index (χ3n) is 3.17. The first-order valence-corrected chi connectivity index (χ1v) is 6.55. The van der Waals surface area contributed by atoms with Gasteiger partial charge in [-0.1, -0.05) is 49.6 Å². The van der Waals surface area contributed by atoms with E-state index in [1.165, 1.54) is 16.5 Å². The molecule has 0 saturated carbocycles. The number of aromatic nitrogens is 1. The SMILES string of the molecule is C=C/C=C(\C=C)CNCCc1c[nH]c2ccccc12. The van der Waals surface area contributed by atoms with Gasteiger partial charge in [-0.15, -0.1) is 0 Å². The Labute approximate surface area is 114 Å². The molecule has 0 amide bonds. The van der Waals surface area contributed by atoms with Crippen LogP contribution in [0.1, 0.15) is 5.56 Å². The predicted octanol–water partition coefficient (Wildman–Crippen LogP) is 3.60. The average molecular weight is 252 g/mol. The van der Waals surface area contributed by atoms with E-state index in [1.807, 2.05) is 12.2 Å². The minimum Gasteiger partial charge on any atom is -0.361 e. The van der Waals surface area contributed by atoms with Crippen molar-refractivity contribution in [1.82, 2.24) is 10.3 Å². The lowest BCUT2D eigenvalue weighted by Crippen LogP contribution is -2.19. The fourth-order valence-corrected chi connectivity index (χ4v) is 2.14. The molecule has 2 aromatic rings. The minimum absolute atomic E-state index is 0.831. The molecule has 1 aromatic heterocycles. The second kappa shape index (κ2) is 6.76. The Hall–Kier alpha value is -2.06. The van der Waals surface area contributed by atoms with Crippen LogP contribution < -0.4 is 5.32 Å². The molecule has 0 radical (unpaired) electrons. The molecule has 98 valence electrons. The Morgan fingerprint density at radius 3 is 2.89 bits per heavy atom. The van der Waals surface area contributed by atoms with Crippen molar-refractivity contribution in [2.24, 2.45) is 0 Å². The standard InChI is InChI=1S/C17H20N2/c1-3-7-14(4-2)12-18-11-10-15-13-19-17-9-6-5-8-16(15)17/h3-9,13,18-19H,1-2,10-12H2/b14-7+. The molecule has 2 heteroatoms. The highest BCUT2D eigenvalue weighted by Gasteiger charge is 2.01. The summed E-state index contributed by atoms with van der Waals surface area (Å²) in [4.78, 5) is 3.30. The first-order chi connectivity index (χ1) is 9.35. The van der Waals surface area contributed by atoms with Crippen molar-refractivity contribution >= 4 is 10.9 Å². The fourth-order valence-electron chi connectivity index (χ4n) is 2.14. The van der Waals surface area contributed by atoms with E-state index >= 15 is 0 Å². The molecule has 0 aliphatic carbocycles. The molecule has 2 rings (SSSR count). The Morgan fingerprint density at radius 2 is 2.11 bits per heavy atom. The summed E-state index contributed by atoms with van der Waals surface area (Å²) in [7, 11) is 0. The quantitative estimate of drug-likeness (QED) is 0.572. The van der Waals surface area contributed by atoms with Gasteiger partial charge in [0, 0.05) is 23.6 Å². The zero-order valence-corrected chi connectivity index (χ0v) is 11.2. The number of nitrogens with one attached hydrogen (secondary N) is 2. The van der Waals surface area contributed by atoms with Crippen LogP contribution in [0.2, 0.25) is 0 Å². The molecular weight excluding hydrogens is 232 g/mol. The first kappa shape index (κ1) is 13.4. The molecule has 0 fully saturated rings. The smallest absolute Gasteiger partial charge is 0.0456 e. The van der Waals surface area contributed by atoms with E-state index in [2.05, 4.69) is 53.9 Å². The molecule has 0 aliphatic heterocycles. The van der Waals surface area contributed by atoms with Gasteiger partial charge in [0.05, 0.1) is 0 Å². The molecule has 0 bridgehead atoms. The third-order valence-corrected chi connectivity index (χ3v) is 3.17. The summed E-state index contributed by atoms with van der Waals surface area (Å²) >= 11 is 0. The summed E-state index contributed by atoms with van der Waals surface area (Å²) in [6.07, 6.45) is 8.74. The number of hydrogen-bond acceptors (Lipinski definition) is 1. The van der Waals surface area contributed by atoms with Crippen molar-refractivity contribution in [3.63, 3.8) is 0 Å². The van der Waals surface area contributed by atoms with Gasteiger partial charge in [-0.05, 0) is 30.2 Å². The van der Waals surface area contributed by atoms with Crippen molar-refractivity contribution in [3.05, 3.63) is 73.0 Å². The molecule has 0 atom stereocenters. The van der Waals surface area contributed by atoms with Crippen molar-refractivity contribution in [2.75, 3.05) is 13.1 Å². The molecule has 1 aromatic carbocycles. The number of para-hydroxylation sites is 1. The van der Waals surface area contributed by atoms with Gasteiger partial charge < -0.3 is 10.3 Å². The molecule has 0 spiro atoms. The van der Waals surface area contributed by atoms with Crippen molar-refractivity contribution in [3.8, 4) is 0 Å². The Bertz CT molecular complexity index is 590. The number of aromatic amines is 1. The maximum atomic E-state index is 3.79. The monoisotopic (exact) mass is 252 g/mol. The number of rotatable bonds is 7. The molecule has 19 heavy (non-hydrogen) atoms. The number of fused-ring (bicyclic) bond motifs is 1. The normalized spacial score (nSPS) is 11.7. The van der Waals surface area contributed by atoms with Crippen LogP contribution >= 0.6 is 0 Å². The predicted molar refractivity (Wildman–Crippen MR) is 83.3 cm³/mol. The van der Waals surface area contributed by atoms with Gasteiger partial charge in [0.25, 0.3) is 0 Å². The van der Waals surface area contributed by atoms with E-state index in [-0.39, 0.29) is 0 Å². The maximum Gasteiger partial charge on any atom is 0.0456 e. The summed E-state index contributed by atoms with van der Waals surface area (Å²) in [5.41, 5.74) is 3.72. The van der Waals surface area contributed by atoms with Gasteiger partial charge in [-0.25, -0.2) is 0 Å². The summed E-state index contributed by atoms with van der Waals surface area (Å²) in [6.45, 7) is 9.26. The largest absolute Gasteiger partial charge is 0.361 e. The lowest BCUT2D eigenvalue weighted by molar-refractivity contribution is 0.736. The van der Waals surface area contributed by atoms with Crippen LogP contribution in [0.25, 0.3) is 10.9 Å². The van der Waals surface area contributed by atoms with E-state index in [0.29, 0.717) is 0 Å². The van der Waals surface area contributed by atoms with E-state index < -0.39 is 0 Å². The number of hydrogen-bond donors (Lipinski definition) is 2. The highest BCUT2D eigenvalue weighted by molar-refractivity contribution is 5.83. The number of H-pyrrole nitrogens is 1. The fraction of sp³-hybridized carbons (Fsp3) is 0.176. The maximum absolute atomic E-state index is 3.79. The van der Waals surface area contributed by atoms with Crippen LogP contribution in [0.4, 0.5) is 0 Å². The van der Waals surface area contributed by atoms with Gasteiger partial charge in [0.15, 0.2) is 0 Å². The average Bonchev–Trinajstić information content (AvgIpc) is 2.85. The summed E-state index contributed by atoms with van der Waals surface area (Å²) < 4.78 is 0. The van der Waals surface area contributed by atoms with E-state index in [0.717, 1.165) is 25.1 Å². The van der Waals surface area contributed by atoms with Crippen LogP contribution in [0.5, 0.6) is 0 Å². The number of allylic oxidation sites excluding steroid dienone is 2. The lowest BCUT2D eigenvalue weighted by atomic mass is 10.1. The van der Waals surface area contributed by atoms with Gasteiger partial charge >= 0.3 is 0 Å². The second-order valence-corrected chi connectivity index (χ2v) is 4.47. The second-order valence-electron chi connectivity index (χ2n) is 4.47. The Balaban J connectivity index is 1.88. The van der Waals surface area contributed by atoms with E-state index in [1.54, 1.807) is 6.08 Å². The third kappa shape index (κ3) is 3.46. The molecular formula is C17H20N2. The summed E-state index contributed by atoms with van der Waals surface area (Å²) in [5, 5.41) is 4.74. The number of benzene rings is 1. The Morgan fingerprint density at radius 1 is 1.26 bits per heavy atom. The van der Waals surface area contributed by atoms with E-state index in [9.17, 15) is 0 Å². The summed E-state index contributed by atoms with van der Waals surface area (Å²) in [5.74, 6) is 0. The lowest BCUT2D eigenvalue weighted by Gasteiger charge is -2.04. The molecule has 1 heterocycles. The van der Waals surface area contributed by atoms with E-state index in [4.69, 9.17) is 0 Å². The van der Waals surface area contributed by atoms with Gasteiger partial charge in [-0.3, -0.25) is 0 Å². The van der Waals surface area contributed by atoms with Crippen LogP contribution in [0.3, 0.4) is 0 Å². The van der Waals surface area contributed by atoms with Crippen molar-refractivity contribution < 1.29 is 0 Å². The Kier molecular flexibility index (Phi) is 4.76. The topological polar surface area (TPSA) is 27.8 Å². The van der Waals surface area contributed by atoms with Crippen LogP contribution in [0, 0.1) is 0 Å². The van der Waals surface area contributed by atoms with Crippen LogP contribution in [-0.4, -0.2) is 18.1 Å². The molecule has 0 unspecified atom stereocenters. The molecule has 2 N–H and O–H groups in total. The van der Waals surface area contributed by atoms with Crippen LogP contribution in [0.15, 0.2) is 67.4 Å². The highest BCUT2D eigenvalue weighted by Crippen LogP contribution is 2.17. The van der Waals surface area contributed by atoms with Crippen molar-refractivity contribution in [2.45, 2.75) is 6.42 Å². The minimum atomic E-state index is 0.831. The first-order valence-electron chi connectivity index (χ1n) is 6.55. The summed E-state index contributed by atoms with van der Waals surface area (Å²) in [6, 6.07) is 8.40. The molecule has 0 aliphatic rings. The van der Waals surface area contributed by atoms with Gasteiger partial charge in [-0.2, -0.15) is 0 Å². The van der Waals surface area contributed by atoms with Gasteiger partial charge in [0.1, 0.15) is 0 Å². The van der Waals surface area contributed by atoms with Crippen molar-refractivity contribution in [1.29, 1.82) is 0 Å². The molecule has 0 saturated heterocycles. The van der Waals surface area contributed by atoms with Gasteiger partial charge in [0.2, 0.25) is 0 Å². The zero-order chi connectivity index (χ0) is 13.5. The molecule has 2 nitrogen and oxygen atoms in total. The highest BCUT2D eigenvalue weighted by atomic mass is 14.8. The zero-order valence-electron chi connectivity index (χ0n) is 11.2.